The lowest BCUT2D eigenvalue weighted by atomic mass is 10.2. The molecule has 4 nitrogen and oxygen atoms in total. The van der Waals surface area contributed by atoms with Crippen molar-refractivity contribution in [3.05, 3.63) is 23.9 Å². The van der Waals surface area contributed by atoms with Gasteiger partial charge in [0.05, 0.1) is 12.7 Å². The minimum atomic E-state index is 0.303. The van der Waals surface area contributed by atoms with Crippen LogP contribution in [0.5, 0.6) is 0 Å². The molecular formula is C11H19N3O. The zero-order valence-electron chi connectivity index (χ0n) is 9.36. The second-order valence-corrected chi connectivity index (χ2v) is 3.60. The van der Waals surface area contributed by atoms with Gasteiger partial charge in [0.1, 0.15) is 5.82 Å². The highest BCUT2D eigenvalue weighted by Gasteiger charge is 2.01. The molecule has 4 heteroatoms. The van der Waals surface area contributed by atoms with Gasteiger partial charge in [0.25, 0.3) is 0 Å². The summed E-state index contributed by atoms with van der Waals surface area (Å²) in [6.45, 7) is 4.86. The number of hydrogen-bond acceptors (Lipinski definition) is 4. The van der Waals surface area contributed by atoms with Crippen LogP contribution in [0.15, 0.2) is 18.3 Å². The van der Waals surface area contributed by atoms with Crippen molar-refractivity contribution in [2.45, 2.75) is 39.4 Å². The zero-order valence-corrected chi connectivity index (χ0v) is 9.36. The summed E-state index contributed by atoms with van der Waals surface area (Å²) in [5, 5.41) is 0. The molecule has 1 heterocycles. The van der Waals surface area contributed by atoms with E-state index in [4.69, 9.17) is 10.6 Å². The number of hydrogen-bond donors (Lipinski definition) is 2. The molecule has 15 heavy (non-hydrogen) atoms. The van der Waals surface area contributed by atoms with Gasteiger partial charge >= 0.3 is 0 Å². The standard InChI is InChI=1S/C11H19N3O/c1-3-4-9(2)15-8-10-5-6-13-11(7-10)14-12/h5-7,9H,3-4,8,12H2,1-2H3,(H,13,14). The van der Waals surface area contributed by atoms with Crippen LogP contribution in [0.4, 0.5) is 5.82 Å². The highest BCUT2D eigenvalue weighted by atomic mass is 16.5. The molecule has 1 aromatic rings. The molecule has 1 aromatic heterocycles. The molecule has 0 saturated heterocycles. The maximum atomic E-state index is 5.67. The van der Waals surface area contributed by atoms with Crippen LogP contribution in [-0.2, 0) is 11.3 Å². The SMILES string of the molecule is CCCC(C)OCc1ccnc(NN)c1. The van der Waals surface area contributed by atoms with Crippen molar-refractivity contribution in [3.8, 4) is 0 Å². The number of nitrogens with zero attached hydrogens (tertiary/aromatic N) is 1. The van der Waals surface area contributed by atoms with E-state index in [1.54, 1.807) is 6.20 Å². The third kappa shape index (κ3) is 4.27. The first-order valence-electron chi connectivity index (χ1n) is 5.29. The van der Waals surface area contributed by atoms with Gasteiger partial charge in [-0.05, 0) is 31.0 Å². The normalized spacial score (nSPS) is 12.5. The fourth-order valence-electron chi connectivity index (χ4n) is 1.37. The van der Waals surface area contributed by atoms with Gasteiger partial charge in [-0.3, -0.25) is 0 Å². The number of ether oxygens (including phenoxy) is 1. The average Bonchev–Trinajstić information content (AvgIpc) is 2.27. The number of nitrogens with one attached hydrogen (secondary N) is 1. The number of pyridine rings is 1. The summed E-state index contributed by atoms with van der Waals surface area (Å²) in [7, 11) is 0. The van der Waals surface area contributed by atoms with E-state index in [0.29, 0.717) is 18.5 Å². The molecule has 0 aliphatic rings. The van der Waals surface area contributed by atoms with Gasteiger partial charge in [-0.25, -0.2) is 10.8 Å². The van der Waals surface area contributed by atoms with E-state index >= 15 is 0 Å². The highest BCUT2D eigenvalue weighted by Crippen LogP contribution is 2.09. The molecule has 0 amide bonds. The van der Waals surface area contributed by atoms with Crippen molar-refractivity contribution in [1.29, 1.82) is 0 Å². The van der Waals surface area contributed by atoms with Crippen molar-refractivity contribution in [2.75, 3.05) is 5.43 Å². The molecular weight excluding hydrogens is 190 g/mol. The lowest BCUT2D eigenvalue weighted by Gasteiger charge is -2.12. The van der Waals surface area contributed by atoms with E-state index < -0.39 is 0 Å². The smallest absolute Gasteiger partial charge is 0.140 e. The molecule has 1 atom stereocenters. The Labute approximate surface area is 90.8 Å². The van der Waals surface area contributed by atoms with Crippen LogP contribution in [0.1, 0.15) is 32.3 Å². The summed E-state index contributed by atoms with van der Waals surface area (Å²) >= 11 is 0. The number of nitrogens with two attached hydrogens (primary N) is 1. The lowest BCUT2D eigenvalue weighted by Crippen LogP contribution is -2.10. The van der Waals surface area contributed by atoms with E-state index in [2.05, 4.69) is 24.3 Å². The third-order valence-corrected chi connectivity index (χ3v) is 2.20. The molecule has 0 aliphatic heterocycles. The Balaban J connectivity index is 2.43. The van der Waals surface area contributed by atoms with Crippen LogP contribution in [0.2, 0.25) is 0 Å². The van der Waals surface area contributed by atoms with Gasteiger partial charge in [0.15, 0.2) is 0 Å². The Kier molecular flexibility index (Phi) is 5.07. The molecule has 3 N–H and O–H groups in total. The van der Waals surface area contributed by atoms with Crippen molar-refractivity contribution in [1.82, 2.24) is 4.98 Å². The predicted molar refractivity (Wildman–Crippen MR) is 61.2 cm³/mol. The van der Waals surface area contributed by atoms with E-state index in [0.717, 1.165) is 18.4 Å². The minimum Gasteiger partial charge on any atom is -0.374 e. The first-order chi connectivity index (χ1) is 7.26. The lowest BCUT2D eigenvalue weighted by molar-refractivity contribution is 0.0472. The van der Waals surface area contributed by atoms with E-state index in [1.165, 1.54) is 0 Å². The Morgan fingerprint density at radius 3 is 3.07 bits per heavy atom. The molecule has 1 rings (SSSR count). The summed E-state index contributed by atoms with van der Waals surface area (Å²) in [5.74, 6) is 5.94. The largest absolute Gasteiger partial charge is 0.374 e. The van der Waals surface area contributed by atoms with Crippen molar-refractivity contribution < 1.29 is 4.74 Å². The van der Waals surface area contributed by atoms with Crippen LogP contribution < -0.4 is 11.3 Å². The van der Waals surface area contributed by atoms with Crippen LogP contribution in [0, 0.1) is 0 Å². The van der Waals surface area contributed by atoms with Gasteiger partial charge in [-0.15, -0.1) is 0 Å². The third-order valence-electron chi connectivity index (χ3n) is 2.20. The minimum absolute atomic E-state index is 0.303. The summed E-state index contributed by atoms with van der Waals surface area (Å²) < 4.78 is 5.67. The van der Waals surface area contributed by atoms with Gasteiger partial charge in [-0.1, -0.05) is 13.3 Å². The van der Waals surface area contributed by atoms with Crippen molar-refractivity contribution >= 4 is 5.82 Å². The summed E-state index contributed by atoms with van der Waals surface area (Å²) in [4.78, 5) is 4.03. The number of rotatable bonds is 6. The quantitative estimate of drug-likeness (QED) is 0.556. The van der Waals surface area contributed by atoms with E-state index in [1.807, 2.05) is 12.1 Å². The fourth-order valence-corrected chi connectivity index (χ4v) is 1.37. The van der Waals surface area contributed by atoms with Crippen molar-refractivity contribution in [2.24, 2.45) is 5.84 Å². The zero-order chi connectivity index (χ0) is 11.1. The second kappa shape index (κ2) is 6.37. The molecule has 0 aliphatic carbocycles. The van der Waals surface area contributed by atoms with Crippen LogP contribution in [0.25, 0.3) is 0 Å². The molecule has 84 valence electrons. The second-order valence-electron chi connectivity index (χ2n) is 3.60. The Bertz CT molecular complexity index is 291. The van der Waals surface area contributed by atoms with Gasteiger partial charge in [-0.2, -0.15) is 0 Å². The summed E-state index contributed by atoms with van der Waals surface area (Å²) in [6.07, 6.45) is 4.26. The number of nitrogen functional groups attached to an aromatic ring is 1. The Hall–Kier alpha value is -1.13. The first-order valence-corrected chi connectivity index (χ1v) is 5.29. The van der Waals surface area contributed by atoms with Gasteiger partial charge < -0.3 is 10.2 Å². The van der Waals surface area contributed by atoms with Gasteiger partial charge in [0.2, 0.25) is 0 Å². The first kappa shape index (κ1) is 11.9. The Morgan fingerprint density at radius 1 is 1.60 bits per heavy atom. The number of hydrazine groups is 1. The molecule has 0 fully saturated rings. The van der Waals surface area contributed by atoms with Crippen molar-refractivity contribution in [3.63, 3.8) is 0 Å². The maximum absolute atomic E-state index is 5.67. The average molecular weight is 209 g/mol. The van der Waals surface area contributed by atoms with Crippen LogP contribution in [-0.4, -0.2) is 11.1 Å². The Morgan fingerprint density at radius 2 is 2.40 bits per heavy atom. The highest BCUT2D eigenvalue weighted by molar-refractivity contribution is 5.35. The topological polar surface area (TPSA) is 60.2 Å². The number of anilines is 1. The molecule has 0 aromatic carbocycles. The van der Waals surface area contributed by atoms with E-state index in [-0.39, 0.29) is 0 Å². The predicted octanol–water partition coefficient (Wildman–Crippen LogP) is 2.07. The van der Waals surface area contributed by atoms with Gasteiger partial charge in [0, 0.05) is 6.20 Å². The maximum Gasteiger partial charge on any atom is 0.140 e. The van der Waals surface area contributed by atoms with E-state index in [9.17, 15) is 0 Å². The van der Waals surface area contributed by atoms with Crippen LogP contribution >= 0.6 is 0 Å². The summed E-state index contributed by atoms with van der Waals surface area (Å²) in [6, 6.07) is 3.82. The fraction of sp³-hybridized carbons (Fsp3) is 0.545. The summed E-state index contributed by atoms with van der Waals surface area (Å²) in [5.41, 5.74) is 3.60. The molecule has 0 saturated carbocycles. The number of aromatic nitrogens is 1. The van der Waals surface area contributed by atoms with Crippen LogP contribution in [0.3, 0.4) is 0 Å². The monoisotopic (exact) mass is 209 g/mol. The molecule has 1 unspecified atom stereocenters. The molecule has 0 radical (unpaired) electrons. The molecule has 0 spiro atoms. The molecule has 0 bridgehead atoms.